The van der Waals surface area contributed by atoms with E-state index in [9.17, 15) is 8.42 Å². The minimum Gasteiger partial charge on any atom is -0.326 e. The Morgan fingerprint density at radius 3 is 2.43 bits per heavy atom. The van der Waals surface area contributed by atoms with E-state index in [1.807, 2.05) is 0 Å². The van der Waals surface area contributed by atoms with Gasteiger partial charge in [-0.05, 0) is 18.7 Å². The average molecular weight is 237 g/mol. The van der Waals surface area contributed by atoms with Crippen LogP contribution < -0.4 is 10.5 Å². The summed E-state index contributed by atoms with van der Waals surface area (Å²) in [7, 11) is -1.99. The van der Waals surface area contributed by atoms with Crippen molar-refractivity contribution >= 4 is 22.4 Å². The number of halogens is 1. The van der Waals surface area contributed by atoms with E-state index in [1.165, 1.54) is 13.1 Å². The second-order valence-electron chi connectivity index (χ2n) is 2.52. The summed E-state index contributed by atoms with van der Waals surface area (Å²) in [6.07, 6.45) is 0. The van der Waals surface area contributed by atoms with Gasteiger partial charge < -0.3 is 5.73 Å². The molecule has 6 heteroatoms. The van der Waals surface area contributed by atoms with E-state index in [2.05, 4.69) is 4.72 Å². The van der Waals surface area contributed by atoms with Gasteiger partial charge in [0.15, 0.2) is 0 Å². The van der Waals surface area contributed by atoms with E-state index in [0.29, 0.717) is 5.56 Å². The van der Waals surface area contributed by atoms with Gasteiger partial charge in [-0.25, -0.2) is 13.1 Å². The molecule has 0 atom stereocenters. The number of hydrogen-bond donors (Lipinski definition) is 2. The molecule has 14 heavy (non-hydrogen) atoms. The Morgan fingerprint density at radius 2 is 1.93 bits per heavy atom. The molecule has 0 aliphatic rings. The third kappa shape index (κ3) is 2.68. The molecule has 3 N–H and O–H groups in total. The first kappa shape index (κ1) is 13.4. The number of hydrogen-bond acceptors (Lipinski definition) is 3. The molecule has 0 saturated heterocycles. The normalized spacial score (nSPS) is 10.7. The summed E-state index contributed by atoms with van der Waals surface area (Å²) in [4.78, 5) is 0.250. The van der Waals surface area contributed by atoms with Crippen molar-refractivity contribution in [3.05, 3.63) is 29.8 Å². The van der Waals surface area contributed by atoms with E-state index < -0.39 is 10.0 Å². The summed E-state index contributed by atoms with van der Waals surface area (Å²) < 4.78 is 25.1. The average Bonchev–Trinajstić information content (AvgIpc) is 2.18. The minimum absolute atomic E-state index is 0. The second-order valence-corrected chi connectivity index (χ2v) is 4.37. The topological polar surface area (TPSA) is 72.2 Å². The zero-order valence-electron chi connectivity index (χ0n) is 7.73. The van der Waals surface area contributed by atoms with Crippen LogP contribution in [0.5, 0.6) is 0 Å². The van der Waals surface area contributed by atoms with Crippen molar-refractivity contribution in [3.8, 4) is 0 Å². The van der Waals surface area contributed by atoms with E-state index in [-0.39, 0.29) is 23.8 Å². The first-order valence-electron chi connectivity index (χ1n) is 3.83. The number of sulfonamides is 1. The lowest BCUT2D eigenvalue weighted by atomic mass is 10.2. The lowest BCUT2D eigenvalue weighted by Gasteiger charge is -2.06. The standard InChI is InChI=1S/C8H12N2O2S.ClH/c1-10-13(11,12)8-5-3-2-4-7(8)6-9;/h2-5,10H,6,9H2,1H3;1H. The predicted octanol–water partition coefficient (Wildman–Crippen LogP) is 0.475. The molecule has 0 radical (unpaired) electrons. The maximum absolute atomic E-state index is 11.4. The van der Waals surface area contributed by atoms with Gasteiger partial charge in [0.25, 0.3) is 0 Å². The van der Waals surface area contributed by atoms with Crippen LogP contribution in [-0.2, 0) is 16.6 Å². The Morgan fingerprint density at radius 1 is 1.36 bits per heavy atom. The molecule has 0 amide bonds. The lowest BCUT2D eigenvalue weighted by molar-refractivity contribution is 0.587. The molecule has 1 rings (SSSR count). The van der Waals surface area contributed by atoms with Crippen LogP contribution >= 0.6 is 12.4 Å². The number of benzene rings is 1. The highest BCUT2D eigenvalue weighted by Gasteiger charge is 2.14. The highest BCUT2D eigenvalue weighted by atomic mass is 35.5. The largest absolute Gasteiger partial charge is 0.326 e. The van der Waals surface area contributed by atoms with E-state index in [0.717, 1.165) is 0 Å². The maximum atomic E-state index is 11.4. The molecule has 0 spiro atoms. The van der Waals surface area contributed by atoms with Crippen molar-refractivity contribution in [2.24, 2.45) is 5.73 Å². The van der Waals surface area contributed by atoms with Gasteiger partial charge >= 0.3 is 0 Å². The van der Waals surface area contributed by atoms with E-state index in [1.54, 1.807) is 18.2 Å². The second kappa shape index (κ2) is 5.31. The molecule has 0 fully saturated rings. The summed E-state index contributed by atoms with van der Waals surface area (Å²) in [5.41, 5.74) is 6.03. The summed E-state index contributed by atoms with van der Waals surface area (Å²) in [6.45, 7) is 0.219. The molecule has 0 aliphatic heterocycles. The SMILES string of the molecule is CNS(=O)(=O)c1ccccc1CN.Cl. The fourth-order valence-corrected chi connectivity index (χ4v) is 2.02. The number of nitrogens with two attached hydrogens (primary N) is 1. The van der Waals surface area contributed by atoms with Crippen molar-refractivity contribution < 1.29 is 8.42 Å². The van der Waals surface area contributed by atoms with Crippen LogP contribution in [0, 0.1) is 0 Å². The van der Waals surface area contributed by atoms with Gasteiger partial charge in [-0.1, -0.05) is 18.2 Å². The molecule has 0 bridgehead atoms. The molecule has 4 nitrogen and oxygen atoms in total. The maximum Gasteiger partial charge on any atom is 0.240 e. The van der Waals surface area contributed by atoms with Gasteiger partial charge in [-0.3, -0.25) is 0 Å². The molecule has 1 aromatic carbocycles. The van der Waals surface area contributed by atoms with Crippen LogP contribution in [0.3, 0.4) is 0 Å². The summed E-state index contributed by atoms with van der Waals surface area (Å²) in [5.74, 6) is 0. The number of nitrogens with one attached hydrogen (secondary N) is 1. The van der Waals surface area contributed by atoms with Gasteiger partial charge in [-0.15, -0.1) is 12.4 Å². The minimum atomic E-state index is -3.37. The highest BCUT2D eigenvalue weighted by Crippen LogP contribution is 2.13. The lowest BCUT2D eigenvalue weighted by Crippen LogP contribution is -2.20. The Labute approximate surface area is 90.0 Å². The van der Waals surface area contributed by atoms with Crippen LogP contribution in [0.2, 0.25) is 0 Å². The Balaban J connectivity index is 0.00000169. The smallest absolute Gasteiger partial charge is 0.240 e. The Hall–Kier alpha value is -0.620. The van der Waals surface area contributed by atoms with Gasteiger partial charge in [0.05, 0.1) is 4.90 Å². The molecule has 1 aromatic rings. The molecule has 0 aliphatic carbocycles. The monoisotopic (exact) mass is 236 g/mol. The van der Waals surface area contributed by atoms with Crippen LogP contribution in [0.1, 0.15) is 5.56 Å². The Bertz CT molecular complexity index is 392. The quantitative estimate of drug-likeness (QED) is 0.802. The van der Waals surface area contributed by atoms with Crippen LogP contribution in [0.25, 0.3) is 0 Å². The van der Waals surface area contributed by atoms with Gasteiger partial charge in [0.2, 0.25) is 10.0 Å². The molecule has 0 aromatic heterocycles. The third-order valence-electron chi connectivity index (χ3n) is 1.75. The molecular weight excluding hydrogens is 224 g/mol. The zero-order chi connectivity index (χ0) is 9.90. The van der Waals surface area contributed by atoms with Crippen molar-refractivity contribution in [3.63, 3.8) is 0 Å². The van der Waals surface area contributed by atoms with Crippen LogP contribution in [0.15, 0.2) is 29.2 Å². The predicted molar refractivity (Wildman–Crippen MR) is 57.8 cm³/mol. The molecule has 80 valence electrons. The summed E-state index contributed by atoms with van der Waals surface area (Å²) in [5, 5.41) is 0. The van der Waals surface area contributed by atoms with E-state index in [4.69, 9.17) is 5.73 Å². The van der Waals surface area contributed by atoms with Gasteiger partial charge in [0, 0.05) is 6.54 Å². The van der Waals surface area contributed by atoms with Crippen LogP contribution in [-0.4, -0.2) is 15.5 Å². The molecular formula is C8H13ClN2O2S. The molecule has 0 heterocycles. The van der Waals surface area contributed by atoms with Gasteiger partial charge in [0.1, 0.15) is 0 Å². The van der Waals surface area contributed by atoms with Crippen LogP contribution in [0.4, 0.5) is 0 Å². The van der Waals surface area contributed by atoms with Crippen molar-refractivity contribution in [2.45, 2.75) is 11.4 Å². The highest BCUT2D eigenvalue weighted by molar-refractivity contribution is 7.89. The van der Waals surface area contributed by atoms with Crippen molar-refractivity contribution in [2.75, 3.05) is 7.05 Å². The zero-order valence-corrected chi connectivity index (χ0v) is 9.36. The van der Waals surface area contributed by atoms with Gasteiger partial charge in [-0.2, -0.15) is 0 Å². The Kier molecular flexibility index (Phi) is 5.07. The first-order valence-corrected chi connectivity index (χ1v) is 5.31. The third-order valence-corrected chi connectivity index (χ3v) is 3.27. The molecule has 0 unspecified atom stereocenters. The fourth-order valence-electron chi connectivity index (χ4n) is 1.04. The fraction of sp³-hybridized carbons (Fsp3) is 0.250. The summed E-state index contributed by atoms with van der Waals surface area (Å²) in [6, 6.07) is 6.67. The number of rotatable bonds is 3. The van der Waals surface area contributed by atoms with Crippen molar-refractivity contribution in [1.82, 2.24) is 4.72 Å². The van der Waals surface area contributed by atoms with E-state index >= 15 is 0 Å². The van der Waals surface area contributed by atoms with Crippen molar-refractivity contribution in [1.29, 1.82) is 0 Å². The summed E-state index contributed by atoms with van der Waals surface area (Å²) >= 11 is 0. The first-order chi connectivity index (χ1) is 6.11. The molecule has 0 saturated carbocycles.